The average molecular weight is 401 g/mol. The Hall–Kier alpha value is -2.51. The van der Waals surface area contributed by atoms with Crippen LogP contribution >= 0.6 is 22.7 Å². The molecule has 0 unspecified atom stereocenters. The van der Waals surface area contributed by atoms with Crippen molar-refractivity contribution >= 4 is 34.6 Å². The Morgan fingerprint density at radius 1 is 1.19 bits per heavy atom. The van der Waals surface area contributed by atoms with Gasteiger partial charge in [-0.2, -0.15) is 11.3 Å². The van der Waals surface area contributed by atoms with Gasteiger partial charge in [-0.3, -0.25) is 9.59 Å². The van der Waals surface area contributed by atoms with Gasteiger partial charge in [0.25, 0.3) is 5.91 Å². The topological polar surface area (TPSA) is 59.5 Å². The van der Waals surface area contributed by atoms with E-state index in [9.17, 15) is 9.59 Å². The number of thiazole rings is 1. The third-order valence-electron chi connectivity index (χ3n) is 4.26. The van der Waals surface area contributed by atoms with Crippen LogP contribution < -0.4 is 0 Å². The number of carbonyl (C=O) groups is 2. The molecule has 0 aliphatic rings. The Morgan fingerprint density at radius 2 is 1.96 bits per heavy atom. The van der Waals surface area contributed by atoms with Crippen LogP contribution in [-0.2, 0) is 20.7 Å². The lowest BCUT2D eigenvalue weighted by Crippen LogP contribution is -2.33. The fourth-order valence-electron chi connectivity index (χ4n) is 2.52. The van der Waals surface area contributed by atoms with E-state index in [1.165, 1.54) is 11.3 Å². The molecule has 5 nitrogen and oxygen atoms in total. The number of ether oxygens (including phenoxy) is 1. The average Bonchev–Trinajstić information content (AvgIpc) is 3.37. The standard InChI is InChI=1S/C20H20N2O3S2/c1-14(15-6-4-3-5-7-15)22(2)18(23)11-25-19(24)10-17-13-27-20(21-17)16-8-9-26-12-16/h3-9,12-14H,10-11H2,1-2H3/t14-/m0/s1. The summed E-state index contributed by atoms with van der Waals surface area (Å²) in [5, 5.41) is 6.73. The van der Waals surface area contributed by atoms with Crippen LogP contribution in [-0.4, -0.2) is 35.4 Å². The van der Waals surface area contributed by atoms with E-state index in [2.05, 4.69) is 4.98 Å². The SMILES string of the molecule is C[C@@H](c1ccccc1)N(C)C(=O)COC(=O)Cc1csc(-c2ccsc2)n1. The molecule has 1 amide bonds. The van der Waals surface area contributed by atoms with Crippen LogP contribution in [0.25, 0.3) is 10.6 Å². The molecule has 0 bridgehead atoms. The predicted octanol–water partition coefficient (Wildman–Crippen LogP) is 4.18. The fourth-order valence-corrected chi connectivity index (χ4v) is 4.05. The van der Waals surface area contributed by atoms with Gasteiger partial charge in [-0.1, -0.05) is 30.3 Å². The van der Waals surface area contributed by atoms with Crippen LogP contribution in [0, 0.1) is 0 Å². The second-order valence-electron chi connectivity index (χ2n) is 6.08. The number of thiophene rings is 1. The van der Waals surface area contributed by atoms with Crippen molar-refractivity contribution in [2.45, 2.75) is 19.4 Å². The highest BCUT2D eigenvalue weighted by atomic mass is 32.1. The summed E-state index contributed by atoms with van der Waals surface area (Å²) in [6.45, 7) is 1.67. The largest absolute Gasteiger partial charge is 0.455 e. The van der Waals surface area contributed by atoms with Crippen molar-refractivity contribution in [1.29, 1.82) is 0 Å². The van der Waals surface area contributed by atoms with E-state index in [0.717, 1.165) is 16.1 Å². The van der Waals surface area contributed by atoms with Crippen molar-refractivity contribution in [1.82, 2.24) is 9.88 Å². The van der Waals surface area contributed by atoms with Crippen LogP contribution in [0.3, 0.4) is 0 Å². The van der Waals surface area contributed by atoms with E-state index >= 15 is 0 Å². The summed E-state index contributed by atoms with van der Waals surface area (Å²) in [5.41, 5.74) is 2.74. The summed E-state index contributed by atoms with van der Waals surface area (Å²) in [4.78, 5) is 30.4. The molecule has 0 radical (unpaired) electrons. The predicted molar refractivity (Wildman–Crippen MR) is 108 cm³/mol. The van der Waals surface area contributed by atoms with Crippen LogP contribution in [0.15, 0.2) is 52.5 Å². The molecule has 1 atom stereocenters. The van der Waals surface area contributed by atoms with E-state index in [1.807, 2.05) is 59.5 Å². The molecule has 0 N–H and O–H groups in total. The number of rotatable bonds is 7. The molecule has 0 aliphatic heterocycles. The van der Waals surface area contributed by atoms with Gasteiger partial charge < -0.3 is 9.64 Å². The quantitative estimate of drug-likeness (QED) is 0.558. The first-order chi connectivity index (χ1) is 13.0. The third kappa shape index (κ3) is 5.02. The van der Waals surface area contributed by atoms with Crippen LogP contribution in [0.1, 0.15) is 24.2 Å². The number of benzene rings is 1. The number of carbonyl (C=O) groups excluding carboxylic acids is 2. The summed E-state index contributed by atoms with van der Waals surface area (Å²) in [7, 11) is 1.71. The van der Waals surface area contributed by atoms with Gasteiger partial charge in [0.15, 0.2) is 6.61 Å². The summed E-state index contributed by atoms with van der Waals surface area (Å²) < 4.78 is 5.15. The maximum Gasteiger partial charge on any atom is 0.312 e. The van der Waals surface area contributed by atoms with Gasteiger partial charge >= 0.3 is 5.97 Å². The second-order valence-corrected chi connectivity index (χ2v) is 7.72. The van der Waals surface area contributed by atoms with Gasteiger partial charge in [-0.15, -0.1) is 11.3 Å². The second kappa shape index (κ2) is 8.92. The normalized spacial score (nSPS) is 11.8. The highest BCUT2D eigenvalue weighted by Crippen LogP contribution is 2.26. The summed E-state index contributed by atoms with van der Waals surface area (Å²) >= 11 is 3.10. The first-order valence-electron chi connectivity index (χ1n) is 8.48. The molecule has 1 aromatic carbocycles. The van der Waals surface area contributed by atoms with E-state index in [1.54, 1.807) is 23.3 Å². The molecule has 0 saturated carbocycles. The zero-order valence-corrected chi connectivity index (χ0v) is 16.8. The lowest BCUT2D eigenvalue weighted by Gasteiger charge is -2.25. The Kier molecular flexibility index (Phi) is 6.36. The van der Waals surface area contributed by atoms with E-state index in [0.29, 0.717) is 5.69 Å². The van der Waals surface area contributed by atoms with Crippen molar-refractivity contribution in [3.8, 4) is 10.6 Å². The number of hydrogen-bond donors (Lipinski definition) is 0. The maximum atomic E-state index is 12.3. The first-order valence-corrected chi connectivity index (χ1v) is 10.3. The molecule has 27 heavy (non-hydrogen) atoms. The molecule has 0 saturated heterocycles. The molecule has 7 heteroatoms. The highest BCUT2D eigenvalue weighted by molar-refractivity contribution is 7.14. The molecule has 140 valence electrons. The van der Waals surface area contributed by atoms with Gasteiger partial charge in [0, 0.05) is 23.4 Å². The number of nitrogens with zero attached hydrogens (tertiary/aromatic N) is 2. The zero-order valence-electron chi connectivity index (χ0n) is 15.1. The van der Waals surface area contributed by atoms with Gasteiger partial charge in [0.2, 0.25) is 0 Å². The number of amides is 1. The summed E-state index contributed by atoms with van der Waals surface area (Å²) in [6, 6.07) is 11.6. The molecule has 0 fully saturated rings. The van der Waals surface area contributed by atoms with Crippen molar-refractivity contribution < 1.29 is 14.3 Å². The number of hydrogen-bond acceptors (Lipinski definition) is 6. The fraction of sp³-hybridized carbons (Fsp3) is 0.250. The minimum atomic E-state index is -0.453. The number of esters is 1. The lowest BCUT2D eigenvalue weighted by atomic mass is 10.1. The van der Waals surface area contributed by atoms with Crippen LogP contribution in [0.2, 0.25) is 0 Å². The van der Waals surface area contributed by atoms with E-state index < -0.39 is 5.97 Å². The molecule has 2 heterocycles. The Labute approximate surface area is 166 Å². The van der Waals surface area contributed by atoms with Gasteiger partial charge in [-0.05, 0) is 23.9 Å². The Bertz CT molecular complexity index is 891. The van der Waals surface area contributed by atoms with Crippen molar-refractivity contribution in [2.24, 2.45) is 0 Å². The molecule has 2 aromatic heterocycles. The molecule has 3 rings (SSSR count). The van der Waals surface area contributed by atoms with E-state index in [-0.39, 0.29) is 25.0 Å². The monoisotopic (exact) mass is 400 g/mol. The van der Waals surface area contributed by atoms with Crippen LogP contribution in [0.4, 0.5) is 0 Å². The van der Waals surface area contributed by atoms with Crippen molar-refractivity contribution in [2.75, 3.05) is 13.7 Å². The minimum Gasteiger partial charge on any atom is -0.455 e. The first kappa shape index (κ1) is 19.3. The Balaban J connectivity index is 1.49. The number of aromatic nitrogens is 1. The Morgan fingerprint density at radius 3 is 2.67 bits per heavy atom. The summed E-state index contributed by atoms with van der Waals surface area (Å²) in [6.07, 6.45) is 0.0614. The summed E-state index contributed by atoms with van der Waals surface area (Å²) in [5.74, 6) is -0.691. The smallest absolute Gasteiger partial charge is 0.312 e. The third-order valence-corrected chi connectivity index (χ3v) is 5.88. The van der Waals surface area contributed by atoms with Gasteiger partial charge in [0.1, 0.15) is 5.01 Å². The minimum absolute atomic E-state index is 0.0614. The molecular weight excluding hydrogens is 380 g/mol. The lowest BCUT2D eigenvalue weighted by molar-refractivity contribution is -0.151. The molecule has 0 aliphatic carbocycles. The molecule has 0 spiro atoms. The van der Waals surface area contributed by atoms with Gasteiger partial charge in [-0.25, -0.2) is 4.98 Å². The molecular formula is C20H20N2O3S2. The number of likely N-dealkylation sites (N-methyl/N-ethyl adjacent to an activating group) is 1. The van der Waals surface area contributed by atoms with Gasteiger partial charge in [0.05, 0.1) is 18.2 Å². The zero-order chi connectivity index (χ0) is 19.2. The van der Waals surface area contributed by atoms with Crippen molar-refractivity contribution in [3.63, 3.8) is 0 Å². The van der Waals surface area contributed by atoms with E-state index in [4.69, 9.17) is 4.74 Å². The molecule has 3 aromatic rings. The highest BCUT2D eigenvalue weighted by Gasteiger charge is 2.19. The van der Waals surface area contributed by atoms with Crippen molar-refractivity contribution in [3.05, 3.63) is 63.8 Å². The van der Waals surface area contributed by atoms with Crippen LogP contribution in [0.5, 0.6) is 0 Å². The maximum absolute atomic E-state index is 12.3.